The van der Waals surface area contributed by atoms with E-state index in [9.17, 15) is 9.59 Å². The quantitative estimate of drug-likeness (QED) is 0.571. The molecule has 0 aromatic heterocycles. The van der Waals surface area contributed by atoms with E-state index in [1.807, 2.05) is 0 Å². The molecule has 1 heterocycles. The average molecular weight is 181 g/mol. The van der Waals surface area contributed by atoms with E-state index >= 15 is 0 Å². The third kappa shape index (κ3) is 1.36. The molecule has 1 spiro atoms. The molecule has 13 heavy (non-hydrogen) atoms. The van der Waals surface area contributed by atoms with Crippen molar-refractivity contribution in [2.75, 3.05) is 0 Å². The number of rotatable bonds is 0. The van der Waals surface area contributed by atoms with E-state index in [4.69, 9.17) is 0 Å². The number of imide groups is 1. The lowest BCUT2D eigenvalue weighted by atomic mass is 9.69. The fourth-order valence-electron chi connectivity index (χ4n) is 2.72. The van der Waals surface area contributed by atoms with Gasteiger partial charge in [0.15, 0.2) is 0 Å². The summed E-state index contributed by atoms with van der Waals surface area (Å²) in [5, 5.41) is 2.42. The zero-order valence-corrected chi connectivity index (χ0v) is 7.93. The summed E-state index contributed by atoms with van der Waals surface area (Å²) in [5.74, 6) is 0.480. The molecule has 2 aliphatic rings. The van der Waals surface area contributed by atoms with Crippen LogP contribution in [0.5, 0.6) is 0 Å². The Morgan fingerprint density at radius 2 is 2.23 bits per heavy atom. The van der Waals surface area contributed by atoms with Crippen LogP contribution in [-0.2, 0) is 9.59 Å². The SMILES string of the molecule is CC1CCCC2(CC(=O)NC2=O)C1. The molecule has 1 aliphatic carbocycles. The summed E-state index contributed by atoms with van der Waals surface area (Å²) >= 11 is 0. The minimum absolute atomic E-state index is 0.0240. The smallest absolute Gasteiger partial charge is 0.233 e. The normalized spacial score (nSPS) is 39.6. The van der Waals surface area contributed by atoms with Crippen LogP contribution < -0.4 is 5.32 Å². The van der Waals surface area contributed by atoms with Crippen molar-refractivity contribution < 1.29 is 9.59 Å². The van der Waals surface area contributed by atoms with Gasteiger partial charge in [0.1, 0.15) is 0 Å². The van der Waals surface area contributed by atoms with Crippen molar-refractivity contribution in [2.45, 2.75) is 39.0 Å². The number of nitrogens with one attached hydrogen (secondary N) is 1. The van der Waals surface area contributed by atoms with Crippen LogP contribution in [0.3, 0.4) is 0 Å². The first kappa shape index (κ1) is 8.73. The maximum absolute atomic E-state index is 11.6. The van der Waals surface area contributed by atoms with Crippen molar-refractivity contribution in [3.63, 3.8) is 0 Å². The van der Waals surface area contributed by atoms with Crippen LogP contribution in [0.25, 0.3) is 0 Å². The summed E-state index contributed by atoms with van der Waals surface area (Å²) in [7, 11) is 0. The lowest BCUT2D eigenvalue weighted by Gasteiger charge is -2.33. The zero-order chi connectivity index (χ0) is 9.47. The second-order valence-electron chi connectivity index (χ2n) is 4.54. The third-order valence-corrected chi connectivity index (χ3v) is 3.33. The number of hydrogen-bond donors (Lipinski definition) is 1. The van der Waals surface area contributed by atoms with Gasteiger partial charge in [0, 0.05) is 6.42 Å². The van der Waals surface area contributed by atoms with E-state index in [1.54, 1.807) is 0 Å². The van der Waals surface area contributed by atoms with Gasteiger partial charge in [-0.3, -0.25) is 14.9 Å². The van der Waals surface area contributed by atoms with E-state index in [0.717, 1.165) is 19.3 Å². The van der Waals surface area contributed by atoms with Gasteiger partial charge in [-0.25, -0.2) is 0 Å². The Morgan fingerprint density at radius 3 is 2.77 bits per heavy atom. The standard InChI is InChI=1S/C10H15NO2/c1-7-3-2-4-10(5-7)6-8(12)11-9(10)13/h7H,2-6H2,1H3,(H,11,12,13). The molecule has 2 rings (SSSR count). The van der Waals surface area contributed by atoms with Crippen molar-refractivity contribution in [3.8, 4) is 0 Å². The number of amides is 2. The highest BCUT2D eigenvalue weighted by molar-refractivity contribution is 6.05. The average Bonchev–Trinajstić information content (AvgIpc) is 2.26. The highest BCUT2D eigenvalue weighted by atomic mass is 16.2. The first-order chi connectivity index (χ1) is 6.12. The Balaban J connectivity index is 2.19. The molecule has 3 nitrogen and oxygen atoms in total. The van der Waals surface area contributed by atoms with Gasteiger partial charge in [0.2, 0.25) is 11.8 Å². The Morgan fingerprint density at radius 1 is 1.46 bits per heavy atom. The predicted octanol–water partition coefficient (Wildman–Crippen LogP) is 1.23. The van der Waals surface area contributed by atoms with Gasteiger partial charge in [0.25, 0.3) is 0 Å². The van der Waals surface area contributed by atoms with Crippen LogP contribution in [0.2, 0.25) is 0 Å². The maximum atomic E-state index is 11.6. The Hall–Kier alpha value is -0.860. The van der Waals surface area contributed by atoms with Gasteiger partial charge in [0.05, 0.1) is 5.41 Å². The van der Waals surface area contributed by atoms with Crippen molar-refractivity contribution in [2.24, 2.45) is 11.3 Å². The van der Waals surface area contributed by atoms with E-state index in [0.29, 0.717) is 12.3 Å². The van der Waals surface area contributed by atoms with Crippen LogP contribution in [0.4, 0.5) is 0 Å². The molecular weight excluding hydrogens is 166 g/mol. The highest BCUT2D eigenvalue weighted by Gasteiger charge is 2.48. The summed E-state index contributed by atoms with van der Waals surface area (Å²) in [6.07, 6.45) is 4.50. The molecular formula is C10H15NO2. The van der Waals surface area contributed by atoms with Crippen molar-refractivity contribution in [1.29, 1.82) is 0 Å². The predicted molar refractivity (Wildman–Crippen MR) is 47.8 cm³/mol. The first-order valence-electron chi connectivity index (χ1n) is 4.97. The summed E-state index contributed by atoms with van der Waals surface area (Å²) < 4.78 is 0. The Labute approximate surface area is 77.9 Å². The molecule has 1 N–H and O–H groups in total. The second kappa shape index (κ2) is 2.82. The van der Waals surface area contributed by atoms with Crippen LogP contribution >= 0.6 is 0 Å². The van der Waals surface area contributed by atoms with Gasteiger partial charge in [-0.15, -0.1) is 0 Å². The number of hydrogen-bond acceptors (Lipinski definition) is 2. The molecule has 72 valence electrons. The van der Waals surface area contributed by atoms with Gasteiger partial charge >= 0.3 is 0 Å². The Bertz CT molecular complexity index is 262. The lowest BCUT2D eigenvalue weighted by Crippen LogP contribution is -2.35. The summed E-state index contributed by atoms with van der Waals surface area (Å²) in [6.45, 7) is 2.16. The minimum atomic E-state index is -0.325. The second-order valence-corrected chi connectivity index (χ2v) is 4.54. The summed E-state index contributed by atoms with van der Waals surface area (Å²) in [4.78, 5) is 22.7. The van der Waals surface area contributed by atoms with E-state index in [2.05, 4.69) is 12.2 Å². The molecule has 3 heteroatoms. The monoisotopic (exact) mass is 181 g/mol. The third-order valence-electron chi connectivity index (χ3n) is 3.33. The van der Waals surface area contributed by atoms with Gasteiger partial charge < -0.3 is 0 Å². The molecule has 2 amide bonds. The van der Waals surface area contributed by atoms with Gasteiger partial charge in [-0.05, 0) is 18.8 Å². The molecule has 2 fully saturated rings. The minimum Gasteiger partial charge on any atom is -0.296 e. The summed E-state index contributed by atoms with van der Waals surface area (Å²) in [6, 6.07) is 0. The molecule has 2 unspecified atom stereocenters. The van der Waals surface area contributed by atoms with E-state index in [1.165, 1.54) is 6.42 Å². The molecule has 0 bridgehead atoms. The zero-order valence-electron chi connectivity index (χ0n) is 7.93. The molecule has 0 aromatic carbocycles. The summed E-state index contributed by atoms with van der Waals surface area (Å²) in [5.41, 5.74) is -0.325. The fraction of sp³-hybridized carbons (Fsp3) is 0.800. The van der Waals surface area contributed by atoms with E-state index in [-0.39, 0.29) is 17.2 Å². The van der Waals surface area contributed by atoms with Crippen molar-refractivity contribution in [1.82, 2.24) is 5.32 Å². The molecule has 2 atom stereocenters. The maximum Gasteiger partial charge on any atom is 0.233 e. The van der Waals surface area contributed by atoms with Crippen LogP contribution in [0, 0.1) is 11.3 Å². The first-order valence-corrected chi connectivity index (χ1v) is 4.97. The number of carbonyl (C=O) groups excluding carboxylic acids is 2. The van der Waals surface area contributed by atoms with Gasteiger partial charge in [-0.1, -0.05) is 19.8 Å². The topological polar surface area (TPSA) is 46.2 Å². The number of carbonyl (C=O) groups is 2. The highest BCUT2D eigenvalue weighted by Crippen LogP contribution is 2.44. The van der Waals surface area contributed by atoms with Crippen LogP contribution in [0.1, 0.15) is 39.0 Å². The fourth-order valence-corrected chi connectivity index (χ4v) is 2.72. The van der Waals surface area contributed by atoms with Gasteiger partial charge in [-0.2, -0.15) is 0 Å². The Kier molecular flexibility index (Phi) is 1.90. The van der Waals surface area contributed by atoms with E-state index < -0.39 is 0 Å². The molecule has 1 saturated carbocycles. The molecule has 1 saturated heterocycles. The van der Waals surface area contributed by atoms with Crippen molar-refractivity contribution >= 4 is 11.8 Å². The molecule has 1 aliphatic heterocycles. The molecule has 0 aromatic rings. The molecule has 0 radical (unpaired) electrons. The largest absolute Gasteiger partial charge is 0.296 e. The lowest BCUT2D eigenvalue weighted by molar-refractivity contribution is -0.130. The van der Waals surface area contributed by atoms with Crippen molar-refractivity contribution in [3.05, 3.63) is 0 Å². The van der Waals surface area contributed by atoms with Crippen LogP contribution in [0.15, 0.2) is 0 Å². The van der Waals surface area contributed by atoms with Crippen LogP contribution in [-0.4, -0.2) is 11.8 Å².